The van der Waals surface area contributed by atoms with Crippen LogP contribution in [0.15, 0.2) is 66.2 Å². The molecule has 0 unspecified atom stereocenters. The van der Waals surface area contributed by atoms with Gasteiger partial charge in [0, 0.05) is 5.69 Å². The summed E-state index contributed by atoms with van der Waals surface area (Å²) in [5.41, 5.74) is 3.17. The van der Waals surface area contributed by atoms with Gasteiger partial charge >= 0.3 is 12.0 Å². The third kappa shape index (κ3) is 6.41. The normalized spacial score (nSPS) is 14.0. The average Bonchev–Trinajstić information content (AvgIpc) is 2.95. The number of hydrogen-bond acceptors (Lipinski definition) is 8. The highest BCUT2D eigenvalue weighted by molar-refractivity contribution is 6.39. The number of methoxy groups -OCH3 is 2. The molecule has 0 spiro atoms. The van der Waals surface area contributed by atoms with Gasteiger partial charge in [0.2, 0.25) is 0 Å². The summed E-state index contributed by atoms with van der Waals surface area (Å²) in [5.74, 6) is -2.14. The van der Waals surface area contributed by atoms with Gasteiger partial charge in [-0.05, 0) is 73.5 Å². The Morgan fingerprint density at radius 3 is 2.32 bits per heavy atom. The molecule has 1 heterocycles. The van der Waals surface area contributed by atoms with E-state index in [-0.39, 0.29) is 40.8 Å². The Morgan fingerprint density at radius 1 is 0.927 bits per heavy atom. The summed E-state index contributed by atoms with van der Waals surface area (Å²) in [7, 11) is 2.64. The van der Waals surface area contributed by atoms with Gasteiger partial charge in [-0.15, -0.1) is 0 Å². The molecule has 4 rings (SSSR count). The summed E-state index contributed by atoms with van der Waals surface area (Å²) < 4.78 is 15.7. The van der Waals surface area contributed by atoms with E-state index in [1.165, 1.54) is 56.7 Å². The number of amides is 5. The summed E-state index contributed by atoms with van der Waals surface area (Å²) in [5, 5.41) is 4.95. The number of rotatable bonds is 8. The predicted octanol–water partition coefficient (Wildman–Crippen LogP) is 3.78. The summed E-state index contributed by atoms with van der Waals surface area (Å²) in [6, 6.07) is 15.0. The highest BCUT2D eigenvalue weighted by Crippen LogP contribution is 2.30. The van der Waals surface area contributed by atoms with Crippen LogP contribution < -0.4 is 25.0 Å². The van der Waals surface area contributed by atoms with Crippen LogP contribution in [0.1, 0.15) is 27.0 Å². The number of aryl methyl sites for hydroxylation is 2. The molecule has 3 aromatic carbocycles. The number of anilines is 2. The molecular formula is C30H27N3O8. The molecule has 0 aromatic heterocycles. The lowest BCUT2D eigenvalue weighted by Gasteiger charge is -2.26. The quantitative estimate of drug-likeness (QED) is 0.242. The summed E-state index contributed by atoms with van der Waals surface area (Å²) in [6.45, 7) is 3.58. The number of hydrogen-bond donors (Lipinski definition) is 2. The van der Waals surface area contributed by atoms with Gasteiger partial charge in [-0.3, -0.25) is 19.7 Å². The fraction of sp³-hybridized carbons (Fsp3) is 0.167. The Balaban J connectivity index is 1.50. The van der Waals surface area contributed by atoms with Crippen molar-refractivity contribution in [3.05, 3.63) is 88.5 Å². The molecule has 0 bridgehead atoms. The number of urea groups is 1. The zero-order valence-electron chi connectivity index (χ0n) is 22.8. The van der Waals surface area contributed by atoms with Crippen LogP contribution in [0, 0.1) is 13.8 Å². The molecule has 1 saturated heterocycles. The van der Waals surface area contributed by atoms with Crippen molar-refractivity contribution in [3.63, 3.8) is 0 Å². The van der Waals surface area contributed by atoms with E-state index in [9.17, 15) is 24.0 Å². The monoisotopic (exact) mass is 557 g/mol. The standard InChI is InChI=1S/C30H27N3O8/c1-17-5-11-23(18(2)13-17)31-26(34)16-41-24-12-6-19(15-25(24)39-3)14-22-27(35)32-30(38)33(28(22)36)21-9-7-20(8-10-21)29(37)40-4/h5-15H,16H2,1-4H3,(H,31,34)(H,32,35,38)/b22-14-. The van der Waals surface area contributed by atoms with E-state index >= 15 is 0 Å². The number of esters is 1. The largest absolute Gasteiger partial charge is 0.493 e. The first-order chi connectivity index (χ1) is 19.6. The number of carbonyl (C=O) groups excluding carboxylic acids is 5. The molecular weight excluding hydrogens is 530 g/mol. The van der Waals surface area contributed by atoms with Gasteiger partial charge in [0.1, 0.15) is 5.57 Å². The molecule has 0 aliphatic carbocycles. The average molecular weight is 558 g/mol. The van der Waals surface area contributed by atoms with Crippen molar-refractivity contribution in [2.24, 2.45) is 0 Å². The molecule has 0 atom stereocenters. The number of benzene rings is 3. The van der Waals surface area contributed by atoms with Crippen molar-refractivity contribution in [1.29, 1.82) is 0 Å². The van der Waals surface area contributed by atoms with Gasteiger partial charge in [-0.2, -0.15) is 0 Å². The van der Waals surface area contributed by atoms with Crippen molar-refractivity contribution in [2.45, 2.75) is 13.8 Å². The third-order valence-electron chi connectivity index (χ3n) is 6.16. The number of nitrogens with zero attached hydrogens (tertiary/aromatic N) is 1. The molecule has 1 fully saturated rings. The Labute approximate surface area is 235 Å². The second kappa shape index (κ2) is 12.2. The lowest BCUT2D eigenvalue weighted by atomic mass is 10.1. The molecule has 0 saturated carbocycles. The fourth-order valence-corrected chi connectivity index (χ4v) is 4.10. The molecule has 1 aliphatic rings. The summed E-state index contributed by atoms with van der Waals surface area (Å²) >= 11 is 0. The number of ether oxygens (including phenoxy) is 3. The first kappa shape index (κ1) is 28.6. The molecule has 41 heavy (non-hydrogen) atoms. The van der Waals surface area contributed by atoms with Gasteiger partial charge in [-0.25, -0.2) is 14.5 Å². The van der Waals surface area contributed by atoms with E-state index in [1.54, 1.807) is 6.07 Å². The van der Waals surface area contributed by atoms with Crippen LogP contribution in [0.3, 0.4) is 0 Å². The maximum absolute atomic E-state index is 13.2. The van der Waals surface area contributed by atoms with Crippen molar-refractivity contribution < 1.29 is 38.2 Å². The first-order valence-electron chi connectivity index (χ1n) is 12.4. The number of imide groups is 2. The predicted molar refractivity (Wildman–Crippen MR) is 150 cm³/mol. The minimum Gasteiger partial charge on any atom is -0.493 e. The van der Waals surface area contributed by atoms with E-state index in [2.05, 4.69) is 15.4 Å². The van der Waals surface area contributed by atoms with E-state index in [0.717, 1.165) is 16.0 Å². The molecule has 210 valence electrons. The number of barbiturate groups is 1. The van der Waals surface area contributed by atoms with E-state index < -0.39 is 23.8 Å². The number of nitrogens with one attached hydrogen (secondary N) is 2. The van der Waals surface area contributed by atoms with Crippen LogP contribution in [0.5, 0.6) is 11.5 Å². The summed E-state index contributed by atoms with van der Waals surface area (Å²) in [4.78, 5) is 63.2. The van der Waals surface area contributed by atoms with Crippen molar-refractivity contribution in [3.8, 4) is 11.5 Å². The van der Waals surface area contributed by atoms with E-state index in [0.29, 0.717) is 11.3 Å². The van der Waals surface area contributed by atoms with Crippen molar-refractivity contribution in [2.75, 3.05) is 31.0 Å². The van der Waals surface area contributed by atoms with E-state index in [1.807, 2.05) is 32.0 Å². The number of carbonyl (C=O) groups is 5. The third-order valence-corrected chi connectivity index (χ3v) is 6.16. The maximum Gasteiger partial charge on any atom is 0.337 e. The Hall–Kier alpha value is -5.45. The van der Waals surface area contributed by atoms with Crippen LogP contribution in [0.4, 0.5) is 16.2 Å². The van der Waals surface area contributed by atoms with Crippen LogP contribution >= 0.6 is 0 Å². The Morgan fingerprint density at radius 2 is 1.66 bits per heavy atom. The SMILES string of the molecule is COC(=O)c1ccc(N2C(=O)NC(=O)/C(=C/c3ccc(OCC(=O)Nc4ccc(C)cc4C)c(OC)c3)C2=O)cc1. The second-order valence-electron chi connectivity index (χ2n) is 9.06. The maximum atomic E-state index is 13.2. The van der Waals surface area contributed by atoms with Gasteiger partial charge in [-0.1, -0.05) is 23.8 Å². The fourth-order valence-electron chi connectivity index (χ4n) is 4.10. The van der Waals surface area contributed by atoms with Crippen LogP contribution in [0.2, 0.25) is 0 Å². The molecule has 1 aliphatic heterocycles. The lowest BCUT2D eigenvalue weighted by molar-refractivity contribution is -0.122. The molecule has 11 heteroatoms. The highest BCUT2D eigenvalue weighted by Gasteiger charge is 2.37. The lowest BCUT2D eigenvalue weighted by Crippen LogP contribution is -2.54. The first-order valence-corrected chi connectivity index (χ1v) is 12.4. The molecule has 11 nitrogen and oxygen atoms in total. The molecule has 0 radical (unpaired) electrons. The zero-order valence-corrected chi connectivity index (χ0v) is 22.8. The van der Waals surface area contributed by atoms with Crippen LogP contribution in [-0.2, 0) is 19.1 Å². The minimum absolute atomic E-state index is 0.152. The van der Waals surface area contributed by atoms with Crippen molar-refractivity contribution >= 4 is 47.2 Å². The minimum atomic E-state index is -0.927. The summed E-state index contributed by atoms with van der Waals surface area (Å²) in [6.07, 6.45) is 1.30. The Bertz CT molecular complexity index is 1580. The highest BCUT2D eigenvalue weighted by atomic mass is 16.5. The topological polar surface area (TPSA) is 140 Å². The smallest absolute Gasteiger partial charge is 0.337 e. The van der Waals surface area contributed by atoms with Crippen LogP contribution in [0.25, 0.3) is 6.08 Å². The van der Waals surface area contributed by atoms with Gasteiger partial charge < -0.3 is 19.5 Å². The molecule has 3 aromatic rings. The molecule has 5 amide bonds. The van der Waals surface area contributed by atoms with Gasteiger partial charge in [0.05, 0.1) is 25.5 Å². The second-order valence-corrected chi connectivity index (χ2v) is 9.06. The van der Waals surface area contributed by atoms with Crippen molar-refractivity contribution in [1.82, 2.24) is 5.32 Å². The molecule has 2 N–H and O–H groups in total. The van der Waals surface area contributed by atoms with E-state index in [4.69, 9.17) is 9.47 Å². The van der Waals surface area contributed by atoms with Crippen LogP contribution in [-0.4, -0.2) is 50.5 Å². The zero-order chi connectivity index (χ0) is 29.7. The van der Waals surface area contributed by atoms with Gasteiger partial charge in [0.25, 0.3) is 17.7 Å². The van der Waals surface area contributed by atoms with Gasteiger partial charge in [0.15, 0.2) is 18.1 Å². The Kier molecular flexibility index (Phi) is 8.47.